The quantitative estimate of drug-likeness (QED) is 0.420. The Bertz CT molecular complexity index is 1410. The second-order valence-electron chi connectivity index (χ2n) is 8.05. The molecular weight excluding hydrogens is 444 g/mol. The number of fused-ring (bicyclic) bond motifs is 1. The van der Waals surface area contributed by atoms with Gasteiger partial charge in [0.2, 0.25) is 0 Å². The van der Waals surface area contributed by atoms with Gasteiger partial charge in [-0.05, 0) is 80.6 Å². The number of carbonyl (C=O) groups is 3. The van der Waals surface area contributed by atoms with E-state index in [2.05, 4.69) is 15.3 Å². The van der Waals surface area contributed by atoms with Crippen molar-refractivity contribution in [3.63, 3.8) is 0 Å². The first-order valence-electron chi connectivity index (χ1n) is 10.9. The maximum absolute atomic E-state index is 12.7. The minimum absolute atomic E-state index is 0.262. The molecule has 0 spiro atoms. The smallest absolute Gasteiger partial charge is 0.322 e. The normalized spacial score (nSPS) is 12.5. The van der Waals surface area contributed by atoms with Gasteiger partial charge in [-0.15, -0.1) is 0 Å². The Hall–Kier alpha value is -4.85. The number of imide groups is 1. The van der Waals surface area contributed by atoms with Crippen LogP contribution >= 0.6 is 0 Å². The summed E-state index contributed by atoms with van der Waals surface area (Å²) < 4.78 is 5.69. The molecule has 2 heterocycles. The third kappa shape index (κ3) is 4.37. The highest BCUT2D eigenvalue weighted by atomic mass is 16.5. The highest BCUT2D eigenvalue weighted by Gasteiger charge is 2.36. The van der Waals surface area contributed by atoms with Crippen molar-refractivity contribution in [2.75, 3.05) is 10.2 Å². The monoisotopic (exact) mass is 464 g/mol. The summed E-state index contributed by atoms with van der Waals surface area (Å²) in [7, 11) is 0. The lowest BCUT2D eigenvalue weighted by Gasteiger charge is -2.14. The molecule has 0 atom stereocenters. The number of nitrogens with one attached hydrogen (secondary N) is 1. The number of anilines is 2. The van der Waals surface area contributed by atoms with Crippen LogP contribution in [0.15, 0.2) is 78.9 Å². The molecule has 3 aromatic carbocycles. The first-order chi connectivity index (χ1) is 16.9. The fourth-order valence-electron chi connectivity index (χ4n) is 3.84. The van der Waals surface area contributed by atoms with Crippen LogP contribution in [0.5, 0.6) is 11.8 Å². The lowest BCUT2D eigenvalue weighted by atomic mass is 10.1. The molecule has 5 rings (SSSR count). The number of hydrogen-bond donors (Lipinski definition) is 1. The summed E-state index contributed by atoms with van der Waals surface area (Å²) in [5.41, 5.74) is 3.73. The number of hydrogen-bond acceptors (Lipinski definition) is 6. The number of ether oxygens (including phenoxy) is 1. The van der Waals surface area contributed by atoms with Crippen molar-refractivity contribution < 1.29 is 19.1 Å². The fraction of sp³-hybridized carbons (Fsp3) is 0.0741. The number of nitrogens with zero attached hydrogens (tertiary/aromatic N) is 3. The Balaban J connectivity index is 1.25. The lowest BCUT2D eigenvalue weighted by Crippen LogP contribution is -2.29. The van der Waals surface area contributed by atoms with Gasteiger partial charge in [0.05, 0.1) is 16.8 Å². The molecule has 3 amide bonds. The fourth-order valence-corrected chi connectivity index (χ4v) is 3.84. The van der Waals surface area contributed by atoms with E-state index in [4.69, 9.17) is 4.74 Å². The molecule has 0 saturated heterocycles. The van der Waals surface area contributed by atoms with Crippen LogP contribution in [0.4, 0.5) is 11.4 Å². The van der Waals surface area contributed by atoms with Crippen molar-refractivity contribution in [3.05, 3.63) is 107 Å². The van der Waals surface area contributed by atoms with Crippen molar-refractivity contribution in [2.24, 2.45) is 0 Å². The van der Waals surface area contributed by atoms with Gasteiger partial charge in [-0.2, -0.15) is 0 Å². The molecule has 1 aliphatic rings. The Kier molecular flexibility index (Phi) is 5.54. The number of aromatic nitrogens is 2. The van der Waals surface area contributed by atoms with E-state index in [0.717, 1.165) is 16.3 Å². The van der Waals surface area contributed by atoms with Crippen LogP contribution in [-0.4, -0.2) is 27.7 Å². The average Bonchev–Trinajstić information content (AvgIpc) is 3.10. The van der Waals surface area contributed by atoms with E-state index in [1.165, 1.54) is 0 Å². The van der Waals surface area contributed by atoms with Gasteiger partial charge in [0.25, 0.3) is 17.7 Å². The van der Waals surface area contributed by atoms with Crippen molar-refractivity contribution in [1.29, 1.82) is 0 Å². The molecule has 1 aromatic heterocycles. The second kappa shape index (κ2) is 8.83. The Labute approximate surface area is 201 Å². The van der Waals surface area contributed by atoms with Gasteiger partial charge in [-0.25, -0.2) is 14.9 Å². The number of amides is 3. The van der Waals surface area contributed by atoms with Gasteiger partial charge in [0.15, 0.2) is 0 Å². The summed E-state index contributed by atoms with van der Waals surface area (Å²) in [5.74, 6) is -0.545. The van der Waals surface area contributed by atoms with E-state index in [1.54, 1.807) is 72.8 Å². The number of carbonyl (C=O) groups excluding carboxylic acids is 3. The van der Waals surface area contributed by atoms with Crippen LogP contribution in [0.2, 0.25) is 0 Å². The minimum Gasteiger partial charge on any atom is -0.424 e. The van der Waals surface area contributed by atoms with Crippen LogP contribution < -0.4 is 15.0 Å². The Morgan fingerprint density at radius 1 is 0.800 bits per heavy atom. The molecule has 0 saturated carbocycles. The largest absolute Gasteiger partial charge is 0.424 e. The molecular formula is C27H20N4O4. The zero-order chi connectivity index (χ0) is 24.5. The first-order valence-corrected chi connectivity index (χ1v) is 10.9. The lowest BCUT2D eigenvalue weighted by molar-refractivity contribution is 0.0925. The Morgan fingerprint density at radius 3 is 1.94 bits per heavy atom. The molecule has 0 bridgehead atoms. The van der Waals surface area contributed by atoms with Crippen molar-refractivity contribution in [3.8, 4) is 11.8 Å². The standard InChI is InChI=1S/C27H20N4O4/c1-16-15-17(2)29-27(28-16)35-21-13-9-19(10-14-21)30-24(32)18-7-11-20(12-8-18)31-25(33)22-5-3-4-6-23(22)26(31)34/h3-15H,1-2H3,(H,30,32). The summed E-state index contributed by atoms with van der Waals surface area (Å²) in [6, 6.07) is 22.0. The maximum atomic E-state index is 12.7. The van der Waals surface area contributed by atoms with Crippen molar-refractivity contribution in [2.45, 2.75) is 13.8 Å². The van der Waals surface area contributed by atoms with Crippen LogP contribution in [-0.2, 0) is 0 Å². The molecule has 8 heteroatoms. The van der Waals surface area contributed by atoms with Crippen LogP contribution in [0.3, 0.4) is 0 Å². The summed E-state index contributed by atoms with van der Waals surface area (Å²) in [6.07, 6.45) is 0. The number of aryl methyl sites for hydroxylation is 2. The van der Waals surface area contributed by atoms with Crippen molar-refractivity contribution >= 4 is 29.1 Å². The summed E-state index contributed by atoms with van der Waals surface area (Å²) in [4.78, 5) is 47.6. The van der Waals surface area contributed by atoms with Gasteiger partial charge < -0.3 is 10.1 Å². The van der Waals surface area contributed by atoms with Gasteiger partial charge in [-0.3, -0.25) is 14.4 Å². The molecule has 0 fully saturated rings. The minimum atomic E-state index is -0.378. The summed E-state index contributed by atoms with van der Waals surface area (Å²) >= 11 is 0. The first kappa shape index (κ1) is 22.0. The zero-order valence-electron chi connectivity index (χ0n) is 19.0. The molecule has 1 N–H and O–H groups in total. The molecule has 8 nitrogen and oxygen atoms in total. The third-order valence-corrected chi connectivity index (χ3v) is 5.46. The van der Waals surface area contributed by atoms with Crippen LogP contribution in [0.25, 0.3) is 0 Å². The van der Waals surface area contributed by atoms with Gasteiger partial charge in [0.1, 0.15) is 5.75 Å². The van der Waals surface area contributed by atoms with Gasteiger partial charge in [-0.1, -0.05) is 12.1 Å². The van der Waals surface area contributed by atoms with Gasteiger partial charge in [0, 0.05) is 22.6 Å². The predicted octanol–water partition coefficient (Wildman–Crippen LogP) is 4.94. The second-order valence-corrected chi connectivity index (χ2v) is 8.05. The van der Waals surface area contributed by atoms with E-state index in [-0.39, 0.29) is 23.7 Å². The molecule has 0 unspecified atom stereocenters. The molecule has 172 valence electrons. The number of rotatable bonds is 5. The van der Waals surface area contributed by atoms with E-state index >= 15 is 0 Å². The predicted molar refractivity (Wildman–Crippen MR) is 130 cm³/mol. The molecule has 35 heavy (non-hydrogen) atoms. The molecule has 4 aromatic rings. The van der Waals surface area contributed by atoms with E-state index in [1.807, 2.05) is 19.9 Å². The zero-order valence-corrected chi connectivity index (χ0v) is 19.0. The van der Waals surface area contributed by atoms with Gasteiger partial charge >= 0.3 is 6.01 Å². The maximum Gasteiger partial charge on any atom is 0.322 e. The summed E-state index contributed by atoms with van der Waals surface area (Å²) in [6.45, 7) is 3.74. The SMILES string of the molecule is Cc1cc(C)nc(Oc2ccc(NC(=O)c3ccc(N4C(=O)c5ccccc5C4=O)cc3)cc2)n1. The third-order valence-electron chi connectivity index (χ3n) is 5.46. The number of benzene rings is 3. The Morgan fingerprint density at radius 2 is 1.37 bits per heavy atom. The average molecular weight is 464 g/mol. The highest BCUT2D eigenvalue weighted by molar-refractivity contribution is 6.34. The topological polar surface area (TPSA) is 101 Å². The molecule has 0 radical (unpaired) electrons. The molecule has 1 aliphatic heterocycles. The van der Waals surface area contributed by atoms with E-state index < -0.39 is 0 Å². The van der Waals surface area contributed by atoms with Crippen LogP contribution in [0, 0.1) is 13.8 Å². The molecule has 0 aliphatic carbocycles. The van der Waals surface area contributed by atoms with Crippen molar-refractivity contribution in [1.82, 2.24) is 9.97 Å². The van der Waals surface area contributed by atoms with E-state index in [0.29, 0.717) is 33.8 Å². The van der Waals surface area contributed by atoms with Crippen LogP contribution in [0.1, 0.15) is 42.5 Å². The van der Waals surface area contributed by atoms with E-state index in [9.17, 15) is 14.4 Å². The highest BCUT2D eigenvalue weighted by Crippen LogP contribution is 2.28. The summed E-state index contributed by atoms with van der Waals surface area (Å²) in [5, 5.41) is 2.82.